The number of hydrogen-bond acceptors (Lipinski definition) is 1. The van der Waals surface area contributed by atoms with Crippen LogP contribution in [0.2, 0.25) is 0 Å². The lowest BCUT2D eigenvalue weighted by Gasteiger charge is -2.23. The van der Waals surface area contributed by atoms with Crippen molar-refractivity contribution in [1.82, 2.24) is 0 Å². The summed E-state index contributed by atoms with van der Waals surface area (Å²) in [5.41, 5.74) is 0.452. The summed E-state index contributed by atoms with van der Waals surface area (Å²) in [5.74, 6) is -0.0692. The molecule has 0 saturated carbocycles. The van der Waals surface area contributed by atoms with E-state index in [9.17, 15) is 9.18 Å². The molecule has 0 spiro atoms. The van der Waals surface area contributed by atoms with E-state index in [1.54, 1.807) is 19.1 Å². The molecule has 1 aromatic rings. The minimum Gasteiger partial charge on any atom is -0.300 e. The lowest BCUT2D eigenvalue weighted by Crippen LogP contribution is -2.19. The van der Waals surface area contributed by atoms with Gasteiger partial charge in [0, 0.05) is 10.9 Å². The van der Waals surface area contributed by atoms with Gasteiger partial charge in [-0.1, -0.05) is 29.8 Å². The molecule has 1 rings (SSSR count). The molecule has 3 heteroatoms. The van der Waals surface area contributed by atoms with Crippen LogP contribution in [0, 0.1) is 11.2 Å². The summed E-state index contributed by atoms with van der Waals surface area (Å²) in [6, 6.07) is 4.90. The van der Waals surface area contributed by atoms with Gasteiger partial charge in [-0.15, -0.1) is 0 Å². The Labute approximate surface area is 104 Å². The highest BCUT2D eigenvalue weighted by Gasteiger charge is 2.22. The molecule has 0 atom stereocenters. The second kappa shape index (κ2) is 5.09. The van der Waals surface area contributed by atoms with Crippen molar-refractivity contribution in [3.8, 4) is 0 Å². The number of Topliss-reactive ketones (excluding diaryl/α,β-unsaturated/α-hetero) is 1. The molecule has 0 amide bonds. The van der Waals surface area contributed by atoms with E-state index in [0.717, 1.165) is 4.47 Å². The third kappa shape index (κ3) is 4.05. The molecular weight excluding hydrogens is 271 g/mol. The van der Waals surface area contributed by atoms with Gasteiger partial charge in [-0.2, -0.15) is 0 Å². The fraction of sp³-hybridized carbons (Fsp3) is 0.462. The predicted molar refractivity (Wildman–Crippen MR) is 66.9 cm³/mol. The number of hydrogen-bond donors (Lipinski definition) is 0. The maximum Gasteiger partial charge on any atom is 0.130 e. The molecule has 0 N–H and O–H groups in total. The van der Waals surface area contributed by atoms with Gasteiger partial charge in [0.2, 0.25) is 0 Å². The summed E-state index contributed by atoms with van der Waals surface area (Å²) >= 11 is 3.32. The topological polar surface area (TPSA) is 17.1 Å². The Balaban J connectivity index is 2.86. The van der Waals surface area contributed by atoms with Crippen molar-refractivity contribution in [3.63, 3.8) is 0 Å². The van der Waals surface area contributed by atoms with Crippen LogP contribution in [0.4, 0.5) is 4.39 Å². The Morgan fingerprint density at radius 3 is 2.62 bits per heavy atom. The number of rotatable bonds is 4. The Hall–Kier alpha value is -0.700. The van der Waals surface area contributed by atoms with E-state index < -0.39 is 0 Å². The van der Waals surface area contributed by atoms with Gasteiger partial charge in [0.15, 0.2) is 0 Å². The first-order valence-electron chi connectivity index (χ1n) is 5.23. The molecule has 1 nitrogen and oxygen atoms in total. The first kappa shape index (κ1) is 13.4. The number of halogens is 2. The first-order chi connectivity index (χ1) is 7.30. The highest BCUT2D eigenvalue weighted by atomic mass is 79.9. The molecule has 0 aliphatic carbocycles. The van der Waals surface area contributed by atoms with Crippen LogP contribution in [0.3, 0.4) is 0 Å². The smallest absolute Gasteiger partial charge is 0.130 e. The number of carbonyl (C=O) groups is 1. The van der Waals surface area contributed by atoms with E-state index >= 15 is 0 Å². The quantitative estimate of drug-likeness (QED) is 0.813. The molecule has 16 heavy (non-hydrogen) atoms. The lowest BCUT2D eigenvalue weighted by atomic mass is 9.81. The molecule has 0 heterocycles. The van der Waals surface area contributed by atoms with Crippen molar-refractivity contribution < 1.29 is 9.18 Å². The van der Waals surface area contributed by atoms with Crippen molar-refractivity contribution in [2.75, 3.05) is 0 Å². The first-order valence-corrected chi connectivity index (χ1v) is 6.03. The van der Waals surface area contributed by atoms with Crippen molar-refractivity contribution in [1.29, 1.82) is 0 Å². The molecule has 0 bridgehead atoms. The minimum atomic E-state index is -0.208. The van der Waals surface area contributed by atoms with Crippen LogP contribution in [0.1, 0.15) is 32.8 Å². The van der Waals surface area contributed by atoms with Crippen molar-refractivity contribution in [3.05, 3.63) is 34.1 Å². The monoisotopic (exact) mass is 286 g/mol. The predicted octanol–water partition coefficient (Wildman–Crippen LogP) is 4.14. The Kier molecular flexibility index (Phi) is 4.25. The molecule has 0 aliphatic rings. The summed E-state index contributed by atoms with van der Waals surface area (Å²) in [4.78, 5) is 11.1. The normalized spacial score (nSPS) is 11.6. The zero-order valence-corrected chi connectivity index (χ0v) is 11.4. The van der Waals surface area contributed by atoms with Crippen molar-refractivity contribution in [2.45, 2.75) is 33.6 Å². The molecule has 0 radical (unpaired) electrons. The van der Waals surface area contributed by atoms with E-state index in [0.29, 0.717) is 18.4 Å². The summed E-state index contributed by atoms with van der Waals surface area (Å²) in [5, 5.41) is 0. The van der Waals surface area contributed by atoms with Gasteiger partial charge in [0.25, 0.3) is 0 Å². The van der Waals surface area contributed by atoms with Crippen LogP contribution in [0.5, 0.6) is 0 Å². The van der Waals surface area contributed by atoms with E-state index in [1.165, 1.54) is 6.07 Å². The number of carbonyl (C=O) groups excluding carboxylic acids is 1. The van der Waals surface area contributed by atoms with Crippen LogP contribution in [0.25, 0.3) is 0 Å². The molecule has 0 aliphatic heterocycles. The lowest BCUT2D eigenvalue weighted by molar-refractivity contribution is -0.118. The zero-order valence-electron chi connectivity index (χ0n) is 9.81. The van der Waals surface area contributed by atoms with Gasteiger partial charge in [0.05, 0.1) is 0 Å². The molecule has 1 aromatic carbocycles. The third-order valence-corrected chi connectivity index (χ3v) is 2.90. The van der Waals surface area contributed by atoms with Crippen molar-refractivity contribution in [2.24, 2.45) is 5.41 Å². The molecule has 88 valence electrons. The molecule has 0 fully saturated rings. The van der Waals surface area contributed by atoms with Gasteiger partial charge >= 0.3 is 0 Å². The summed E-state index contributed by atoms with van der Waals surface area (Å²) in [7, 11) is 0. The molecule has 0 unspecified atom stereocenters. The average molecular weight is 287 g/mol. The SMILES string of the molecule is CC(=O)CC(C)(C)Cc1cc(Br)ccc1F. The standard InChI is InChI=1S/C13H16BrFO/c1-9(16)7-13(2,3)8-10-6-11(14)4-5-12(10)15/h4-6H,7-8H2,1-3H3. The Morgan fingerprint density at radius 2 is 2.06 bits per heavy atom. The van der Waals surface area contributed by atoms with Crippen LogP contribution >= 0.6 is 15.9 Å². The maximum absolute atomic E-state index is 13.5. The number of ketones is 1. The average Bonchev–Trinajstić information content (AvgIpc) is 2.08. The fourth-order valence-electron chi connectivity index (χ4n) is 1.93. The van der Waals surface area contributed by atoms with Crippen LogP contribution in [0.15, 0.2) is 22.7 Å². The summed E-state index contributed by atoms with van der Waals surface area (Å²) in [6.07, 6.45) is 1.04. The van der Waals surface area contributed by atoms with Gasteiger partial charge in [-0.3, -0.25) is 0 Å². The Morgan fingerprint density at radius 1 is 1.44 bits per heavy atom. The highest BCUT2D eigenvalue weighted by molar-refractivity contribution is 9.10. The maximum atomic E-state index is 13.5. The van der Waals surface area contributed by atoms with Crippen LogP contribution in [-0.4, -0.2) is 5.78 Å². The molecule has 0 saturated heterocycles. The van der Waals surface area contributed by atoms with Crippen molar-refractivity contribution >= 4 is 21.7 Å². The second-order valence-corrected chi connectivity index (χ2v) is 5.87. The fourth-order valence-corrected chi connectivity index (χ4v) is 2.34. The number of benzene rings is 1. The van der Waals surface area contributed by atoms with E-state index in [2.05, 4.69) is 15.9 Å². The minimum absolute atomic E-state index is 0.139. The molecule has 0 aromatic heterocycles. The third-order valence-electron chi connectivity index (χ3n) is 2.40. The van der Waals surface area contributed by atoms with Crippen LogP contribution < -0.4 is 0 Å². The van der Waals surface area contributed by atoms with E-state index in [-0.39, 0.29) is 17.0 Å². The second-order valence-electron chi connectivity index (χ2n) is 4.96. The van der Waals surface area contributed by atoms with E-state index in [4.69, 9.17) is 0 Å². The Bertz CT molecular complexity index is 399. The van der Waals surface area contributed by atoms with E-state index in [1.807, 2.05) is 13.8 Å². The van der Waals surface area contributed by atoms with Gasteiger partial charge in [-0.05, 0) is 42.5 Å². The molecular formula is C13H16BrFO. The van der Waals surface area contributed by atoms with Gasteiger partial charge in [-0.25, -0.2) is 4.39 Å². The van der Waals surface area contributed by atoms with Crippen LogP contribution in [-0.2, 0) is 11.2 Å². The largest absolute Gasteiger partial charge is 0.300 e. The van der Waals surface area contributed by atoms with Gasteiger partial charge < -0.3 is 4.79 Å². The van der Waals surface area contributed by atoms with Gasteiger partial charge in [0.1, 0.15) is 11.6 Å². The highest BCUT2D eigenvalue weighted by Crippen LogP contribution is 2.28. The summed E-state index contributed by atoms with van der Waals surface area (Å²) < 4.78 is 14.4. The summed E-state index contributed by atoms with van der Waals surface area (Å²) in [6.45, 7) is 5.53. The zero-order chi connectivity index (χ0) is 12.3.